The van der Waals surface area contributed by atoms with Crippen LogP contribution in [0.15, 0.2) is 30.5 Å². The van der Waals surface area contributed by atoms with E-state index in [1.54, 1.807) is 24.4 Å². The molecular formula is C32H35Cl2FN4O4. The highest BCUT2D eigenvalue weighted by molar-refractivity contribution is 6.31. The van der Waals surface area contributed by atoms with Gasteiger partial charge in [-0.15, -0.1) is 0 Å². The van der Waals surface area contributed by atoms with Crippen LogP contribution in [0.5, 0.6) is 0 Å². The second-order valence-corrected chi connectivity index (χ2v) is 14.1. The monoisotopic (exact) mass is 628 g/mol. The summed E-state index contributed by atoms with van der Waals surface area (Å²) < 4.78 is 16.0. The van der Waals surface area contributed by atoms with Crippen LogP contribution in [-0.2, 0) is 19.8 Å². The minimum absolute atomic E-state index is 0.0819. The van der Waals surface area contributed by atoms with Crippen LogP contribution in [0.25, 0.3) is 0 Å². The molecule has 1 aromatic heterocycles. The fourth-order valence-corrected chi connectivity index (χ4v) is 10.2. The normalized spacial score (nSPS) is 34.2. The van der Waals surface area contributed by atoms with Crippen molar-refractivity contribution in [1.29, 1.82) is 0 Å². The summed E-state index contributed by atoms with van der Waals surface area (Å²) in [6.45, 7) is 0.277. The number of halogens is 3. The molecule has 3 atom stereocenters. The number of rotatable bonds is 5. The fourth-order valence-electron chi connectivity index (χ4n) is 9.82. The third-order valence-corrected chi connectivity index (χ3v) is 12.4. The fraction of sp³-hybridized carbons (Fsp3) is 0.562. The molecule has 228 valence electrons. The second kappa shape index (κ2) is 9.88. The van der Waals surface area contributed by atoms with E-state index in [1.807, 2.05) is 11.9 Å². The van der Waals surface area contributed by atoms with E-state index in [0.29, 0.717) is 56.2 Å². The number of aliphatic carboxylic acids is 1. The molecule has 0 radical (unpaired) electrons. The first-order chi connectivity index (χ1) is 20.5. The summed E-state index contributed by atoms with van der Waals surface area (Å²) >= 11 is 12.6. The number of carbonyl (C=O) groups excluding carboxylic acids is 2. The van der Waals surface area contributed by atoms with Crippen molar-refractivity contribution in [2.75, 3.05) is 18.9 Å². The molecule has 1 saturated heterocycles. The summed E-state index contributed by atoms with van der Waals surface area (Å²) in [6.07, 6.45) is 8.20. The number of benzene rings is 1. The van der Waals surface area contributed by atoms with Crippen LogP contribution in [0.4, 0.5) is 10.1 Å². The minimum atomic E-state index is -1.48. The van der Waals surface area contributed by atoms with Crippen molar-refractivity contribution < 1.29 is 23.9 Å². The predicted octanol–water partition coefficient (Wildman–Crippen LogP) is 5.67. The Bertz CT molecular complexity index is 1540. The number of anilines is 1. The van der Waals surface area contributed by atoms with Crippen molar-refractivity contribution in [3.8, 4) is 0 Å². The number of hydrogen-bond donors (Lipinski definition) is 3. The van der Waals surface area contributed by atoms with Crippen molar-refractivity contribution in [3.05, 3.63) is 57.6 Å². The molecule has 2 amide bonds. The molecule has 6 aliphatic rings. The maximum absolute atomic E-state index is 16.0. The van der Waals surface area contributed by atoms with Gasteiger partial charge < -0.3 is 20.6 Å². The Hall–Kier alpha value is -2.75. The Morgan fingerprint density at radius 3 is 2.53 bits per heavy atom. The molecule has 3 N–H and O–H groups in total. The molecule has 5 fully saturated rings. The van der Waals surface area contributed by atoms with Gasteiger partial charge in [0.1, 0.15) is 16.4 Å². The largest absolute Gasteiger partial charge is 0.481 e. The van der Waals surface area contributed by atoms with Gasteiger partial charge in [-0.05, 0) is 70.0 Å². The van der Waals surface area contributed by atoms with Crippen LogP contribution in [0.1, 0.15) is 81.3 Å². The molecule has 1 unspecified atom stereocenters. The van der Waals surface area contributed by atoms with E-state index in [-0.39, 0.29) is 45.6 Å². The van der Waals surface area contributed by atoms with Crippen LogP contribution in [-0.4, -0.2) is 57.4 Å². The predicted molar refractivity (Wildman–Crippen MR) is 160 cm³/mol. The van der Waals surface area contributed by atoms with E-state index in [9.17, 15) is 14.7 Å². The molecule has 3 heterocycles. The first-order valence-electron chi connectivity index (χ1n) is 15.2. The molecular weight excluding hydrogens is 594 g/mol. The Labute approximate surface area is 259 Å². The summed E-state index contributed by atoms with van der Waals surface area (Å²) in [6, 6.07) is 6.19. The molecule has 11 heteroatoms. The number of carboxylic acid groups (broad SMARTS) is 1. The van der Waals surface area contributed by atoms with E-state index in [1.165, 1.54) is 6.07 Å². The standard InChI is InChI=1S/C32H35Cl2FN4O4/c1-36-30-12-10-29(11-13-30,28(42)43)15-18(30)17-39-26(40)24(19-6-5-7-21(33)25(19)35)32(31(39)8-3-2-4-9-31)20-16-37-23(34)14-22(20)38-27(32)41/h5-7,14,16,18,24,36H,2-4,8-13,15,17H2,1H3,(H,38,41)(H,42,43)/t18?,24-,29?,30?,32+/m0/s1. The summed E-state index contributed by atoms with van der Waals surface area (Å²) in [7, 11) is 1.91. The van der Waals surface area contributed by atoms with Gasteiger partial charge in [-0.3, -0.25) is 14.4 Å². The van der Waals surface area contributed by atoms with E-state index in [0.717, 1.165) is 19.3 Å². The van der Waals surface area contributed by atoms with Crippen LogP contribution >= 0.6 is 23.2 Å². The number of likely N-dealkylation sites (tertiary alicyclic amines) is 1. The lowest BCUT2D eigenvalue weighted by Crippen LogP contribution is -2.66. The second-order valence-electron chi connectivity index (χ2n) is 13.3. The number of nitrogens with zero attached hydrogens (tertiary/aromatic N) is 2. The molecule has 8 nitrogen and oxygen atoms in total. The summed E-state index contributed by atoms with van der Waals surface area (Å²) in [5.74, 6) is -3.56. The molecule has 1 aromatic carbocycles. The number of carboxylic acids is 1. The highest BCUT2D eigenvalue weighted by Crippen LogP contribution is 2.66. The van der Waals surface area contributed by atoms with Crippen molar-refractivity contribution in [2.24, 2.45) is 11.3 Å². The first kappa shape index (κ1) is 29.0. The summed E-state index contributed by atoms with van der Waals surface area (Å²) in [4.78, 5) is 48.4. The molecule has 43 heavy (non-hydrogen) atoms. The quantitative estimate of drug-likeness (QED) is 0.368. The smallest absolute Gasteiger partial charge is 0.309 e. The van der Waals surface area contributed by atoms with Crippen molar-refractivity contribution in [3.63, 3.8) is 0 Å². The van der Waals surface area contributed by atoms with Crippen molar-refractivity contribution in [2.45, 2.75) is 86.6 Å². The van der Waals surface area contributed by atoms with Gasteiger partial charge in [-0.2, -0.15) is 0 Å². The third-order valence-electron chi connectivity index (χ3n) is 11.9. The van der Waals surface area contributed by atoms with E-state index < -0.39 is 34.1 Å². The van der Waals surface area contributed by atoms with Gasteiger partial charge in [0.2, 0.25) is 11.8 Å². The zero-order valence-corrected chi connectivity index (χ0v) is 25.5. The molecule has 8 rings (SSSR count). The SMILES string of the molecule is CNC12CCC(C(=O)O)(CC1)CC2CN1C(=O)[C@H](c2cccc(Cl)c2F)[C@]2(C(=O)Nc3cc(Cl)ncc32)C12CCCCC2. The van der Waals surface area contributed by atoms with Crippen LogP contribution in [0, 0.1) is 17.2 Å². The van der Waals surface area contributed by atoms with Crippen LogP contribution < -0.4 is 10.6 Å². The molecule has 2 bridgehead atoms. The van der Waals surface area contributed by atoms with E-state index in [4.69, 9.17) is 23.2 Å². The number of amides is 2. The topological polar surface area (TPSA) is 112 Å². The number of carbonyl (C=O) groups is 3. The van der Waals surface area contributed by atoms with Crippen LogP contribution in [0.2, 0.25) is 10.2 Å². The van der Waals surface area contributed by atoms with Gasteiger partial charge in [0.15, 0.2) is 0 Å². The highest BCUT2D eigenvalue weighted by Gasteiger charge is 2.75. The van der Waals surface area contributed by atoms with Crippen molar-refractivity contribution >= 4 is 46.7 Å². The number of pyridine rings is 1. The minimum Gasteiger partial charge on any atom is -0.481 e. The van der Waals surface area contributed by atoms with Crippen molar-refractivity contribution in [1.82, 2.24) is 15.2 Å². The Balaban J connectivity index is 1.45. The lowest BCUT2D eigenvalue weighted by molar-refractivity contribution is -0.162. The summed E-state index contributed by atoms with van der Waals surface area (Å²) in [5, 5.41) is 16.9. The number of aromatic nitrogens is 1. The Morgan fingerprint density at radius 2 is 1.86 bits per heavy atom. The van der Waals surface area contributed by atoms with Gasteiger partial charge >= 0.3 is 5.97 Å². The summed E-state index contributed by atoms with van der Waals surface area (Å²) in [5.41, 5.74) is -2.52. The Kier molecular flexibility index (Phi) is 6.66. The zero-order chi connectivity index (χ0) is 30.4. The Morgan fingerprint density at radius 1 is 1.14 bits per heavy atom. The highest BCUT2D eigenvalue weighted by atomic mass is 35.5. The molecule has 4 aliphatic carbocycles. The third kappa shape index (κ3) is 3.70. The van der Waals surface area contributed by atoms with Gasteiger partial charge in [0.05, 0.1) is 21.9 Å². The maximum Gasteiger partial charge on any atom is 0.309 e. The van der Waals surface area contributed by atoms with E-state index >= 15 is 9.18 Å². The number of fused-ring (bicyclic) bond motifs is 6. The molecule has 4 saturated carbocycles. The van der Waals surface area contributed by atoms with E-state index in [2.05, 4.69) is 15.6 Å². The maximum atomic E-state index is 16.0. The zero-order valence-electron chi connectivity index (χ0n) is 24.0. The first-order valence-corrected chi connectivity index (χ1v) is 16.0. The van der Waals surface area contributed by atoms with Gasteiger partial charge in [0, 0.05) is 35.1 Å². The number of hydrogen-bond acceptors (Lipinski definition) is 5. The van der Waals surface area contributed by atoms with Gasteiger partial charge in [-0.1, -0.05) is 54.6 Å². The average Bonchev–Trinajstić information content (AvgIpc) is 3.39. The van der Waals surface area contributed by atoms with Crippen LogP contribution in [0.3, 0.4) is 0 Å². The lowest BCUT2D eigenvalue weighted by Gasteiger charge is -2.58. The molecule has 2 aliphatic heterocycles. The van der Waals surface area contributed by atoms with Gasteiger partial charge in [-0.25, -0.2) is 9.37 Å². The lowest BCUT2D eigenvalue weighted by atomic mass is 9.52. The van der Waals surface area contributed by atoms with Gasteiger partial charge in [0.25, 0.3) is 0 Å². The molecule has 2 aromatic rings. The average molecular weight is 630 g/mol. The molecule has 2 spiro atoms. The number of nitrogens with one attached hydrogen (secondary N) is 2.